The molecule has 0 aliphatic heterocycles. The third-order valence-corrected chi connectivity index (χ3v) is 3.79. The fraction of sp³-hybridized carbons (Fsp3) is 0.143. The second kappa shape index (κ2) is 5.79. The molecule has 0 bridgehead atoms. The van der Waals surface area contributed by atoms with Crippen molar-refractivity contribution in [2.75, 3.05) is 0 Å². The van der Waals surface area contributed by atoms with Gasteiger partial charge in [0, 0.05) is 11.3 Å². The van der Waals surface area contributed by atoms with Gasteiger partial charge >= 0.3 is 0 Å². The predicted molar refractivity (Wildman–Crippen MR) is 78.8 cm³/mol. The Labute approximate surface area is 126 Å². The molecule has 0 amide bonds. The molecule has 0 radical (unpaired) electrons. The summed E-state index contributed by atoms with van der Waals surface area (Å²) in [6.07, 6.45) is 0.341. The van der Waals surface area contributed by atoms with Crippen LogP contribution in [0.2, 0.25) is 15.1 Å². The summed E-state index contributed by atoms with van der Waals surface area (Å²) in [7, 11) is 0. The van der Waals surface area contributed by atoms with Gasteiger partial charge in [0.2, 0.25) is 0 Å². The molecule has 5 heteroatoms. The first kappa shape index (κ1) is 14.1. The van der Waals surface area contributed by atoms with Crippen molar-refractivity contribution in [2.24, 2.45) is 0 Å². The highest BCUT2D eigenvalue weighted by Gasteiger charge is 2.10. The maximum Gasteiger partial charge on any atom is 0.0720 e. The van der Waals surface area contributed by atoms with Crippen molar-refractivity contribution >= 4 is 34.8 Å². The normalized spacial score (nSPS) is 10.3. The summed E-state index contributed by atoms with van der Waals surface area (Å²) in [5.74, 6) is 0. The second-order valence-corrected chi connectivity index (χ2v) is 5.24. The van der Waals surface area contributed by atoms with Crippen molar-refractivity contribution in [1.82, 2.24) is 4.98 Å². The van der Waals surface area contributed by atoms with Crippen molar-refractivity contribution < 1.29 is 0 Å². The summed E-state index contributed by atoms with van der Waals surface area (Å²) in [5, 5.41) is 10.0. The van der Waals surface area contributed by atoms with E-state index in [1.807, 2.05) is 19.1 Å². The largest absolute Gasteiger partial charge is 0.253 e. The van der Waals surface area contributed by atoms with Crippen molar-refractivity contribution in [2.45, 2.75) is 13.3 Å². The maximum atomic E-state index is 8.71. The van der Waals surface area contributed by atoms with Gasteiger partial charge in [0.15, 0.2) is 0 Å². The van der Waals surface area contributed by atoms with Crippen molar-refractivity contribution in [1.29, 1.82) is 5.26 Å². The van der Waals surface area contributed by atoms with Crippen LogP contribution in [0.1, 0.15) is 11.3 Å². The number of hydrogen-bond donors (Lipinski definition) is 0. The minimum Gasteiger partial charge on any atom is -0.253 e. The molecule has 0 spiro atoms. The van der Waals surface area contributed by atoms with Crippen LogP contribution in [0.3, 0.4) is 0 Å². The van der Waals surface area contributed by atoms with E-state index in [-0.39, 0.29) is 0 Å². The Bertz CT molecular complexity index is 675. The Kier molecular flexibility index (Phi) is 4.31. The lowest BCUT2D eigenvalue weighted by Crippen LogP contribution is -1.94. The number of benzene rings is 1. The zero-order chi connectivity index (χ0) is 14.0. The number of hydrogen-bond acceptors (Lipinski definition) is 2. The van der Waals surface area contributed by atoms with E-state index >= 15 is 0 Å². The van der Waals surface area contributed by atoms with Gasteiger partial charge in [0.25, 0.3) is 0 Å². The third-order valence-electron chi connectivity index (χ3n) is 2.75. The molecular weight excluding hydrogens is 303 g/mol. The number of halogens is 3. The summed E-state index contributed by atoms with van der Waals surface area (Å²) in [6, 6.07) is 9.10. The Morgan fingerprint density at radius 1 is 1.11 bits per heavy atom. The Morgan fingerprint density at radius 2 is 1.79 bits per heavy atom. The lowest BCUT2D eigenvalue weighted by molar-refractivity contribution is 1.11. The maximum absolute atomic E-state index is 8.71. The standard InChI is InChI=1S/C14H9Cl3N2/c1-8-9(4-5-18)2-3-14(19-8)10-6-12(16)13(17)7-11(10)15/h2-3,6-7H,4H2,1H3. The lowest BCUT2D eigenvalue weighted by Gasteiger charge is -2.08. The monoisotopic (exact) mass is 310 g/mol. The van der Waals surface area contributed by atoms with Crippen LogP contribution in [-0.2, 0) is 6.42 Å². The van der Waals surface area contributed by atoms with E-state index < -0.39 is 0 Å². The third kappa shape index (κ3) is 3.01. The Balaban J connectivity index is 2.51. The van der Waals surface area contributed by atoms with Gasteiger partial charge in [0.1, 0.15) is 0 Å². The summed E-state index contributed by atoms with van der Waals surface area (Å²) >= 11 is 18.0. The molecular formula is C14H9Cl3N2. The quantitative estimate of drug-likeness (QED) is 0.725. The predicted octanol–water partition coefficient (Wildman–Crippen LogP) is 5.08. The highest BCUT2D eigenvalue weighted by Crippen LogP contribution is 2.34. The molecule has 1 aromatic carbocycles. The molecule has 2 aromatic rings. The molecule has 0 aliphatic carbocycles. The van der Waals surface area contributed by atoms with E-state index in [9.17, 15) is 0 Å². The highest BCUT2D eigenvalue weighted by atomic mass is 35.5. The number of rotatable bonds is 2. The van der Waals surface area contributed by atoms with E-state index in [0.29, 0.717) is 27.2 Å². The topological polar surface area (TPSA) is 36.7 Å². The van der Waals surface area contributed by atoms with Crippen LogP contribution in [0.25, 0.3) is 11.3 Å². The van der Waals surface area contributed by atoms with E-state index in [0.717, 1.165) is 16.8 Å². The first-order valence-electron chi connectivity index (χ1n) is 5.51. The lowest BCUT2D eigenvalue weighted by atomic mass is 10.1. The van der Waals surface area contributed by atoms with E-state index in [1.165, 1.54) is 0 Å². The van der Waals surface area contributed by atoms with Gasteiger partial charge in [-0.15, -0.1) is 0 Å². The molecule has 96 valence electrons. The molecule has 0 aliphatic rings. The van der Waals surface area contributed by atoms with Crippen LogP contribution >= 0.6 is 34.8 Å². The Morgan fingerprint density at radius 3 is 2.42 bits per heavy atom. The van der Waals surface area contributed by atoms with Gasteiger partial charge < -0.3 is 0 Å². The average molecular weight is 312 g/mol. The highest BCUT2D eigenvalue weighted by molar-refractivity contribution is 6.44. The second-order valence-electron chi connectivity index (χ2n) is 4.02. The van der Waals surface area contributed by atoms with Crippen molar-refractivity contribution in [3.05, 3.63) is 50.6 Å². The summed E-state index contributed by atoms with van der Waals surface area (Å²) in [4.78, 5) is 4.46. The number of nitrogens with zero attached hydrogens (tertiary/aromatic N) is 2. The number of pyridine rings is 1. The van der Waals surface area contributed by atoms with Gasteiger partial charge in [0.05, 0.1) is 33.3 Å². The van der Waals surface area contributed by atoms with Gasteiger partial charge in [-0.25, -0.2) is 0 Å². The molecule has 0 fully saturated rings. The molecule has 0 unspecified atom stereocenters. The molecule has 19 heavy (non-hydrogen) atoms. The van der Waals surface area contributed by atoms with Crippen LogP contribution in [0.4, 0.5) is 0 Å². The van der Waals surface area contributed by atoms with Gasteiger partial charge in [-0.05, 0) is 30.7 Å². The summed E-state index contributed by atoms with van der Waals surface area (Å²) < 4.78 is 0. The molecule has 0 N–H and O–H groups in total. The molecule has 0 saturated heterocycles. The van der Waals surface area contributed by atoms with Crippen molar-refractivity contribution in [3.8, 4) is 17.3 Å². The minimum absolute atomic E-state index is 0.341. The van der Waals surface area contributed by atoms with E-state index in [2.05, 4.69) is 11.1 Å². The molecule has 2 nitrogen and oxygen atoms in total. The van der Waals surface area contributed by atoms with E-state index in [1.54, 1.807) is 12.1 Å². The number of aryl methyl sites for hydroxylation is 1. The fourth-order valence-corrected chi connectivity index (χ4v) is 2.37. The fourth-order valence-electron chi connectivity index (χ4n) is 1.73. The zero-order valence-corrected chi connectivity index (χ0v) is 12.3. The van der Waals surface area contributed by atoms with Gasteiger partial charge in [-0.1, -0.05) is 40.9 Å². The van der Waals surface area contributed by atoms with Crippen LogP contribution in [0.15, 0.2) is 24.3 Å². The van der Waals surface area contributed by atoms with Crippen LogP contribution in [0, 0.1) is 18.3 Å². The molecule has 1 aromatic heterocycles. The molecule has 1 heterocycles. The zero-order valence-electron chi connectivity index (χ0n) is 10.0. The first-order chi connectivity index (χ1) is 9.02. The SMILES string of the molecule is Cc1nc(-c2cc(Cl)c(Cl)cc2Cl)ccc1CC#N. The van der Waals surface area contributed by atoms with Crippen molar-refractivity contribution in [3.63, 3.8) is 0 Å². The van der Waals surface area contributed by atoms with Crippen LogP contribution in [-0.4, -0.2) is 4.98 Å². The smallest absolute Gasteiger partial charge is 0.0720 e. The van der Waals surface area contributed by atoms with Crippen LogP contribution in [0.5, 0.6) is 0 Å². The molecule has 0 saturated carbocycles. The number of nitriles is 1. The summed E-state index contributed by atoms with van der Waals surface area (Å²) in [5.41, 5.74) is 3.15. The molecule has 0 atom stereocenters. The average Bonchev–Trinajstić information content (AvgIpc) is 2.36. The van der Waals surface area contributed by atoms with E-state index in [4.69, 9.17) is 40.1 Å². The van der Waals surface area contributed by atoms with Crippen LogP contribution < -0.4 is 0 Å². The minimum atomic E-state index is 0.341. The number of aromatic nitrogens is 1. The van der Waals surface area contributed by atoms with Gasteiger partial charge in [-0.3, -0.25) is 4.98 Å². The molecule has 2 rings (SSSR count). The Hall–Kier alpha value is -1.27. The van der Waals surface area contributed by atoms with Gasteiger partial charge in [-0.2, -0.15) is 5.26 Å². The first-order valence-corrected chi connectivity index (χ1v) is 6.64. The summed E-state index contributed by atoms with van der Waals surface area (Å²) in [6.45, 7) is 1.86.